The van der Waals surface area contributed by atoms with Gasteiger partial charge in [0.15, 0.2) is 5.71 Å². The fourth-order valence-electron chi connectivity index (χ4n) is 2.65. The number of ketones is 1. The van der Waals surface area contributed by atoms with Crippen molar-refractivity contribution < 1.29 is 14.7 Å². The smallest absolute Gasteiger partial charge is 0.217 e. The average molecular weight is 334 g/mol. The molecule has 124 valence electrons. The first kappa shape index (κ1) is 17.5. The van der Waals surface area contributed by atoms with Crippen LogP contribution in [0.1, 0.15) is 42.5 Å². The summed E-state index contributed by atoms with van der Waals surface area (Å²) in [6, 6.07) is 6.94. The predicted molar refractivity (Wildman–Crippen MR) is 94.4 cm³/mol. The Balaban J connectivity index is 2.21. The standard InChI is InChI=1S/C17H22N2O3S/c1-22-14-10-8-12(9-11-14)16(20)15(19-21)17(23-2)18-13-6-4-3-5-7-13/h8-11,13,21H,3-7H2,1-2H3/b18-17?,19-15+. The van der Waals surface area contributed by atoms with E-state index in [4.69, 9.17) is 4.74 Å². The van der Waals surface area contributed by atoms with Crippen molar-refractivity contribution >= 4 is 28.3 Å². The number of nitrogens with zero attached hydrogens (tertiary/aromatic N) is 2. The normalized spacial score (nSPS) is 17.1. The van der Waals surface area contributed by atoms with Crippen LogP contribution in [0.3, 0.4) is 0 Å². The zero-order valence-corrected chi connectivity index (χ0v) is 14.3. The summed E-state index contributed by atoms with van der Waals surface area (Å²) < 4.78 is 5.09. The summed E-state index contributed by atoms with van der Waals surface area (Å²) in [5.74, 6) is 0.337. The molecular formula is C17H22N2O3S. The third-order valence-electron chi connectivity index (χ3n) is 3.94. The van der Waals surface area contributed by atoms with E-state index in [1.54, 1.807) is 31.4 Å². The molecule has 0 amide bonds. The number of aliphatic imine (C=N–C) groups is 1. The van der Waals surface area contributed by atoms with Gasteiger partial charge in [-0.25, -0.2) is 0 Å². The van der Waals surface area contributed by atoms with Gasteiger partial charge in [0.1, 0.15) is 10.8 Å². The molecule has 5 nitrogen and oxygen atoms in total. The highest BCUT2D eigenvalue weighted by Gasteiger charge is 2.22. The first-order valence-corrected chi connectivity index (χ1v) is 8.95. The molecule has 0 atom stereocenters. The quantitative estimate of drug-likeness (QED) is 0.292. The van der Waals surface area contributed by atoms with Crippen LogP contribution in [0.4, 0.5) is 0 Å². The van der Waals surface area contributed by atoms with Crippen molar-refractivity contribution in [2.24, 2.45) is 10.1 Å². The van der Waals surface area contributed by atoms with Crippen molar-refractivity contribution in [3.63, 3.8) is 0 Å². The summed E-state index contributed by atoms with van der Waals surface area (Å²) >= 11 is 1.34. The molecule has 0 radical (unpaired) electrons. The lowest BCUT2D eigenvalue weighted by Gasteiger charge is -2.18. The lowest BCUT2D eigenvalue weighted by molar-refractivity contribution is 0.106. The highest BCUT2D eigenvalue weighted by atomic mass is 32.2. The molecule has 0 spiro atoms. The van der Waals surface area contributed by atoms with E-state index in [1.165, 1.54) is 18.2 Å². The van der Waals surface area contributed by atoms with Crippen LogP contribution in [-0.4, -0.2) is 41.2 Å². The molecule has 1 aromatic carbocycles. The monoisotopic (exact) mass is 334 g/mol. The Morgan fingerprint density at radius 3 is 2.39 bits per heavy atom. The second-order valence-corrected chi connectivity index (χ2v) is 6.23. The Morgan fingerprint density at radius 2 is 1.87 bits per heavy atom. The van der Waals surface area contributed by atoms with Crippen molar-refractivity contribution in [1.82, 2.24) is 0 Å². The second kappa shape index (κ2) is 8.72. The van der Waals surface area contributed by atoms with E-state index in [0.717, 1.165) is 25.7 Å². The van der Waals surface area contributed by atoms with Crippen molar-refractivity contribution in [2.45, 2.75) is 38.1 Å². The summed E-state index contributed by atoms with van der Waals surface area (Å²) in [6.07, 6.45) is 7.46. The molecule has 0 saturated heterocycles. The maximum absolute atomic E-state index is 12.6. The van der Waals surface area contributed by atoms with Gasteiger partial charge in [0, 0.05) is 5.56 Å². The minimum atomic E-state index is -0.334. The minimum Gasteiger partial charge on any atom is -0.497 e. The lowest BCUT2D eigenvalue weighted by atomic mass is 9.96. The topological polar surface area (TPSA) is 71.2 Å². The Morgan fingerprint density at radius 1 is 1.22 bits per heavy atom. The van der Waals surface area contributed by atoms with Gasteiger partial charge in [0.2, 0.25) is 5.78 Å². The number of benzene rings is 1. The van der Waals surface area contributed by atoms with Crippen LogP contribution < -0.4 is 4.74 Å². The first-order chi connectivity index (χ1) is 11.2. The average Bonchev–Trinajstić information content (AvgIpc) is 2.62. The molecular weight excluding hydrogens is 312 g/mol. The largest absolute Gasteiger partial charge is 0.497 e. The van der Waals surface area contributed by atoms with Crippen LogP contribution in [-0.2, 0) is 0 Å². The highest BCUT2D eigenvalue weighted by Crippen LogP contribution is 2.22. The van der Waals surface area contributed by atoms with Crippen LogP contribution in [0.5, 0.6) is 5.75 Å². The van der Waals surface area contributed by atoms with Crippen molar-refractivity contribution in [3.05, 3.63) is 29.8 Å². The zero-order chi connectivity index (χ0) is 16.7. The Hall–Kier alpha value is -1.82. The van der Waals surface area contributed by atoms with E-state index < -0.39 is 0 Å². The molecule has 23 heavy (non-hydrogen) atoms. The number of oxime groups is 1. The molecule has 0 bridgehead atoms. The Kier molecular flexibility index (Phi) is 6.65. The lowest BCUT2D eigenvalue weighted by Crippen LogP contribution is -2.24. The fraction of sp³-hybridized carbons (Fsp3) is 0.471. The highest BCUT2D eigenvalue weighted by molar-refractivity contribution is 8.15. The zero-order valence-electron chi connectivity index (χ0n) is 13.5. The van der Waals surface area contributed by atoms with E-state index in [2.05, 4.69) is 10.1 Å². The molecule has 0 aliphatic heterocycles. The molecule has 1 fully saturated rings. The molecule has 0 aromatic heterocycles. The third-order valence-corrected chi connectivity index (χ3v) is 4.62. The summed E-state index contributed by atoms with van der Waals surface area (Å²) in [4.78, 5) is 17.2. The number of hydrogen-bond donors (Lipinski definition) is 1. The number of carbonyl (C=O) groups excluding carboxylic acids is 1. The minimum absolute atomic E-state index is 0.00763. The number of methoxy groups -OCH3 is 1. The number of hydrogen-bond acceptors (Lipinski definition) is 6. The number of rotatable bonds is 5. The van der Waals surface area contributed by atoms with Gasteiger partial charge < -0.3 is 9.94 Å². The number of thioether (sulfide) groups is 1. The first-order valence-electron chi connectivity index (χ1n) is 7.72. The molecule has 1 aliphatic carbocycles. The number of Topliss-reactive ketones (excluding diaryl/α,β-unsaturated/α-hetero) is 1. The molecule has 1 saturated carbocycles. The van der Waals surface area contributed by atoms with Gasteiger partial charge in [-0.15, -0.1) is 11.8 Å². The second-order valence-electron chi connectivity index (χ2n) is 5.44. The third kappa shape index (κ3) is 4.58. The van der Waals surface area contributed by atoms with E-state index in [0.29, 0.717) is 16.4 Å². The molecule has 2 rings (SSSR count). The van der Waals surface area contributed by atoms with Crippen molar-refractivity contribution in [2.75, 3.05) is 13.4 Å². The summed E-state index contributed by atoms with van der Waals surface area (Å²) in [6.45, 7) is 0. The van der Waals surface area contributed by atoms with E-state index in [1.807, 2.05) is 6.26 Å². The van der Waals surface area contributed by atoms with E-state index in [9.17, 15) is 10.0 Å². The van der Waals surface area contributed by atoms with E-state index >= 15 is 0 Å². The summed E-state index contributed by atoms with van der Waals surface area (Å²) in [5, 5.41) is 13.1. The van der Waals surface area contributed by atoms with Crippen molar-refractivity contribution in [3.8, 4) is 5.75 Å². The molecule has 1 aliphatic rings. The van der Waals surface area contributed by atoms with Gasteiger partial charge in [0.05, 0.1) is 13.2 Å². The summed E-state index contributed by atoms with van der Waals surface area (Å²) in [5.41, 5.74) is 0.456. The summed E-state index contributed by atoms with van der Waals surface area (Å²) in [7, 11) is 1.57. The van der Waals surface area contributed by atoms with Crippen LogP contribution in [0.15, 0.2) is 34.4 Å². The predicted octanol–water partition coefficient (Wildman–Crippen LogP) is 3.80. The Labute approximate surface area is 140 Å². The SMILES string of the molecule is COc1ccc(C(=O)/C(=N\O)C(=NC2CCCCC2)SC)cc1. The molecule has 0 heterocycles. The fourth-order valence-corrected chi connectivity index (χ4v) is 3.23. The van der Waals surface area contributed by atoms with Gasteiger partial charge in [-0.1, -0.05) is 24.4 Å². The van der Waals surface area contributed by atoms with Crippen LogP contribution in [0.25, 0.3) is 0 Å². The molecule has 6 heteroatoms. The molecule has 1 aromatic rings. The maximum atomic E-state index is 12.6. The number of carbonyl (C=O) groups is 1. The van der Waals surface area contributed by atoms with Crippen molar-refractivity contribution in [1.29, 1.82) is 0 Å². The van der Waals surface area contributed by atoms with Gasteiger partial charge >= 0.3 is 0 Å². The molecule has 0 unspecified atom stereocenters. The van der Waals surface area contributed by atoms with E-state index in [-0.39, 0.29) is 17.5 Å². The number of ether oxygens (including phenoxy) is 1. The van der Waals surface area contributed by atoms with Gasteiger partial charge in [-0.2, -0.15) is 0 Å². The van der Waals surface area contributed by atoms with Crippen LogP contribution in [0.2, 0.25) is 0 Å². The van der Waals surface area contributed by atoms with Gasteiger partial charge in [-0.05, 0) is 43.4 Å². The van der Waals surface area contributed by atoms with Gasteiger partial charge in [0.25, 0.3) is 0 Å². The molecule has 1 N–H and O–H groups in total. The van der Waals surface area contributed by atoms with Crippen LogP contribution in [0, 0.1) is 0 Å². The Bertz CT molecular complexity index is 590. The maximum Gasteiger partial charge on any atom is 0.217 e. The van der Waals surface area contributed by atoms with Crippen LogP contribution >= 0.6 is 11.8 Å². The van der Waals surface area contributed by atoms with Gasteiger partial charge in [-0.3, -0.25) is 9.79 Å².